The quantitative estimate of drug-likeness (QED) is 0.232. The van der Waals surface area contributed by atoms with Gasteiger partial charge in [-0.15, -0.1) is 0 Å². The highest BCUT2D eigenvalue weighted by Crippen LogP contribution is 2.27. The van der Waals surface area contributed by atoms with Crippen molar-refractivity contribution in [3.63, 3.8) is 0 Å². The molecule has 0 bridgehead atoms. The van der Waals surface area contributed by atoms with Crippen LogP contribution in [0.15, 0.2) is 120 Å². The van der Waals surface area contributed by atoms with Crippen molar-refractivity contribution in [1.82, 2.24) is 4.90 Å². The molecule has 1 aliphatic rings. The van der Waals surface area contributed by atoms with Crippen molar-refractivity contribution in [3.05, 3.63) is 138 Å². The average molecular weight is 546 g/mol. The Balaban J connectivity index is 1.49. The van der Waals surface area contributed by atoms with Crippen LogP contribution in [0.3, 0.4) is 0 Å². The summed E-state index contributed by atoms with van der Waals surface area (Å²) in [5, 5.41) is 13.5. The van der Waals surface area contributed by atoms with Gasteiger partial charge in [-0.25, -0.2) is 4.79 Å². The van der Waals surface area contributed by atoms with Crippen LogP contribution in [0.1, 0.15) is 42.0 Å². The van der Waals surface area contributed by atoms with E-state index in [0.29, 0.717) is 23.5 Å². The van der Waals surface area contributed by atoms with E-state index >= 15 is 0 Å². The summed E-state index contributed by atoms with van der Waals surface area (Å²) < 4.78 is 0. The van der Waals surface area contributed by atoms with Gasteiger partial charge in [-0.3, -0.25) is 14.7 Å². The molecule has 208 valence electrons. The fraction of sp³-hybridized carbons (Fsp3) is 0.229. The molecule has 6 nitrogen and oxygen atoms in total. The average Bonchev–Trinajstić information content (AvgIpc) is 3.46. The van der Waals surface area contributed by atoms with Crippen LogP contribution >= 0.6 is 0 Å². The molecule has 41 heavy (non-hydrogen) atoms. The summed E-state index contributed by atoms with van der Waals surface area (Å²) in [4.78, 5) is 33.5. The van der Waals surface area contributed by atoms with Gasteiger partial charge in [-0.1, -0.05) is 109 Å². The predicted molar refractivity (Wildman–Crippen MR) is 163 cm³/mol. The Bertz CT molecular complexity index is 1510. The van der Waals surface area contributed by atoms with Crippen LogP contribution < -0.4 is 5.32 Å². The van der Waals surface area contributed by atoms with Gasteiger partial charge < -0.3 is 10.4 Å². The Labute approximate surface area is 241 Å². The first-order chi connectivity index (χ1) is 19.9. The molecular formula is C35H35N3O3. The van der Waals surface area contributed by atoms with Crippen molar-refractivity contribution in [1.29, 1.82) is 0 Å². The van der Waals surface area contributed by atoms with Crippen LogP contribution in [-0.4, -0.2) is 45.7 Å². The lowest BCUT2D eigenvalue weighted by Crippen LogP contribution is -2.39. The van der Waals surface area contributed by atoms with E-state index in [-0.39, 0.29) is 18.4 Å². The third-order valence-corrected chi connectivity index (χ3v) is 7.59. The number of aliphatic carboxylic acids is 1. The zero-order valence-electron chi connectivity index (χ0n) is 23.2. The lowest BCUT2D eigenvalue weighted by molar-refractivity contribution is -0.142. The number of carboxylic acid groups (broad SMARTS) is 1. The highest BCUT2D eigenvalue weighted by Gasteiger charge is 2.35. The maximum atomic E-state index is 13.7. The number of para-hydroxylation sites is 1. The van der Waals surface area contributed by atoms with Crippen molar-refractivity contribution in [2.24, 2.45) is 4.99 Å². The van der Waals surface area contributed by atoms with Crippen molar-refractivity contribution < 1.29 is 14.7 Å². The Kier molecular flexibility index (Phi) is 8.70. The second kappa shape index (κ2) is 12.7. The van der Waals surface area contributed by atoms with Gasteiger partial charge in [0.05, 0.1) is 17.4 Å². The Morgan fingerprint density at radius 1 is 0.854 bits per heavy atom. The number of benzene rings is 4. The first kappa shape index (κ1) is 28.0. The molecule has 4 aromatic rings. The van der Waals surface area contributed by atoms with Gasteiger partial charge >= 0.3 is 5.97 Å². The number of amides is 1. The van der Waals surface area contributed by atoms with Crippen LogP contribution in [0.4, 0.5) is 5.69 Å². The molecule has 4 aromatic carbocycles. The SMILES string of the molecule is C[C@@](Cc1ccccc1)(N=C(c1ccccc1)c1ccccc1NC(=O)[C@@H]1CCCN1Cc1ccccc1)C(=O)O. The second-order valence-electron chi connectivity index (χ2n) is 10.7. The molecule has 1 fully saturated rings. The maximum Gasteiger partial charge on any atom is 0.331 e. The summed E-state index contributed by atoms with van der Waals surface area (Å²) in [7, 11) is 0. The fourth-order valence-corrected chi connectivity index (χ4v) is 5.42. The molecule has 0 aromatic heterocycles. The van der Waals surface area contributed by atoms with Gasteiger partial charge in [0.25, 0.3) is 0 Å². The van der Waals surface area contributed by atoms with Crippen LogP contribution in [0, 0.1) is 0 Å². The fourth-order valence-electron chi connectivity index (χ4n) is 5.42. The Morgan fingerprint density at radius 3 is 2.10 bits per heavy atom. The molecular weight excluding hydrogens is 510 g/mol. The largest absolute Gasteiger partial charge is 0.479 e. The minimum Gasteiger partial charge on any atom is -0.479 e. The van der Waals surface area contributed by atoms with E-state index in [4.69, 9.17) is 4.99 Å². The Morgan fingerprint density at radius 2 is 1.44 bits per heavy atom. The maximum absolute atomic E-state index is 13.7. The number of carbonyl (C=O) groups excluding carboxylic acids is 1. The van der Waals surface area contributed by atoms with Crippen LogP contribution in [0.2, 0.25) is 0 Å². The van der Waals surface area contributed by atoms with Gasteiger partial charge in [0.15, 0.2) is 5.54 Å². The first-order valence-corrected chi connectivity index (χ1v) is 14.0. The topological polar surface area (TPSA) is 82.0 Å². The van der Waals surface area contributed by atoms with Gasteiger partial charge in [-0.05, 0) is 43.5 Å². The van der Waals surface area contributed by atoms with E-state index in [2.05, 4.69) is 22.3 Å². The van der Waals surface area contributed by atoms with Gasteiger partial charge in [0.2, 0.25) is 5.91 Å². The molecule has 2 atom stereocenters. The summed E-state index contributed by atoms with van der Waals surface area (Å²) in [6, 6.07) is 36.5. The summed E-state index contributed by atoms with van der Waals surface area (Å²) in [5.74, 6) is -1.08. The van der Waals surface area contributed by atoms with Crippen molar-refractivity contribution in [2.45, 2.75) is 44.3 Å². The third-order valence-electron chi connectivity index (χ3n) is 7.59. The minimum atomic E-state index is -1.43. The molecule has 6 heteroatoms. The highest BCUT2D eigenvalue weighted by molar-refractivity contribution is 6.18. The molecule has 1 amide bonds. The van der Waals surface area contributed by atoms with Crippen LogP contribution in [0.5, 0.6) is 0 Å². The zero-order chi connectivity index (χ0) is 28.7. The standard InChI is InChI=1S/C35H35N3O3/c1-35(34(40)41,24-26-14-5-2-6-15-26)37-32(28-18-9-4-10-19-28)29-20-11-12-21-30(29)36-33(39)31-22-13-23-38(31)25-27-16-7-3-8-17-27/h2-12,14-21,31H,13,22-25H2,1H3,(H,36,39)(H,40,41)/t31-,35-/m0/s1. The molecule has 0 spiro atoms. The molecule has 0 aliphatic carbocycles. The highest BCUT2D eigenvalue weighted by atomic mass is 16.4. The summed E-state index contributed by atoms with van der Waals surface area (Å²) in [5.41, 5.74) is 3.23. The van der Waals surface area contributed by atoms with E-state index < -0.39 is 11.5 Å². The predicted octanol–water partition coefficient (Wildman–Crippen LogP) is 6.21. The van der Waals surface area contributed by atoms with E-state index in [1.54, 1.807) is 6.92 Å². The number of carboxylic acids is 1. The minimum absolute atomic E-state index is 0.0661. The van der Waals surface area contributed by atoms with Crippen molar-refractivity contribution in [3.8, 4) is 0 Å². The zero-order valence-corrected chi connectivity index (χ0v) is 23.2. The molecule has 1 saturated heterocycles. The number of nitrogens with zero attached hydrogens (tertiary/aromatic N) is 2. The molecule has 2 N–H and O–H groups in total. The molecule has 1 aliphatic heterocycles. The second-order valence-corrected chi connectivity index (χ2v) is 10.7. The molecule has 0 radical (unpaired) electrons. The summed E-state index contributed by atoms with van der Waals surface area (Å²) >= 11 is 0. The number of aliphatic imine (C=N–C) groups is 1. The van der Waals surface area contributed by atoms with E-state index in [9.17, 15) is 14.7 Å². The molecule has 0 saturated carbocycles. The lowest BCUT2D eigenvalue weighted by atomic mass is 9.91. The number of nitrogens with one attached hydrogen (secondary N) is 1. The monoisotopic (exact) mass is 545 g/mol. The summed E-state index contributed by atoms with van der Waals surface area (Å²) in [6.07, 6.45) is 1.97. The normalized spacial score (nSPS) is 17.1. The van der Waals surface area contributed by atoms with E-state index in [1.807, 2.05) is 103 Å². The first-order valence-electron chi connectivity index (χ1n) is 14.0. The number of carbonyl (C=O) groups is 2. The molecule has 0 unspecified atom stereocenters. The lowest BCUT2D eigenvalue weighted by Gasteiger charge is -2.25. The summed E-state index contributed by atoms with van der Waals surface area (Å²) in [6.45, 7) is 3.22. The number of rotatable bonds is 10. The van der Waals surface area contributed by atoms with Crippen molar-refractivity contribution in [2.75, 3.05) is 11.9 Å². The number of hydrogen-bond acceptors (Lipinski definition) is 4. The number of likely N-dealkylation sites (tertiary alicyclic amines) is 1. The van der Waals surface area contributed by atoms with Gasteiger partial charge in [0, 0.05) is 24.1 Å². The molecule has 5 rings (SSSR count). The number of hydrogen-bond donors (Lipinski definition) is 2. The smallest absolute Gasteiger partial charge is 0.331 e. The van der Waals surface area contributed by atoms with E-state index in [0.717, 1.165) is 30.5 Å². The van der Waals surface area contributed by atoms with Crippen LogP contribution in [0.25, 0.3) is 0 Å². The van der Waals surface area contributed by atoms with Crippen LogP contribution in [-0.2, 0) is 22.6 Å². The Hall–Kier alpha value is -4.55. The van der Waals surface area contributed by atoms with Gasteiger partial charge in [0.1, 0.15) is 0 Å². The third kappa shape index (κ3) is 6.79. The number of anilines is 1. The van der Waals surface area contributed by atoms with Gasteiger partial charge in [-0.2, -0.15) is 0 Å². The van der Waals surface area contributed by atoms with Crippen molar-refractivity contribution >= 4 is 23.3 Å². The van der Waals surface area contributed by atoms with E-state index in [1.165, 1.54) is 5.56 Å². The molecule has 1 heterocycles.